The van der Waals surface area contributed by atoms with E-state index in [1.165, 1.54) is 16.7 Å². The molecular weight excluding hydrogens is 370 g/mol. The molecule has 28 heavy (non-hydrogen) atoms. The van der Waals surface area contributed by atoms with Gasteiger partial charge in [0.1, 0.15) is 0 Å². The van der Waals surface area contributed by atoms with Gasteiger partial charge in [-0.25, -0.2) is 0 Å². The summed E-state index contributed by atoms with van der Waals surface area (Å²) < 4.78 is 0. The largest absolute Gasteiger partial charge is 0.369 e. The average molecular weight is 400 g/mol. The first-order chi connectivity index (χ1) is 13.6. The fourth-order valence-corrected chi connectivity index (χ4v) is 4.18. The van der Waals surface area contributed by atoms with Gasteiger partial charge in [-0.15, -0.1) is 0 Å². The molecule has 1 unspecified atom stereocenters. The Bertz CT molecular complexity index is 790. The van der Waals surface area contributed by atoms with Crippen LogP contribution < -0.4 is 16.4 Å². The first kappa shape index (κ1) is 20.4. The number of piperidine rings is 1. The standard InChI is InChI=1S/C21H29N5OS/c1-23-21(25-12-18-7-9-28-15-18)24-11-16-4-2-5-17(10-16)13-26-8-3-6-19(14-26)20(22)27/h2,4-5,7,9-10,15,19H,3,6,8,11-14H2,1H3,(H2,22,27)(H2,23,24,25). The Labute approximate surface area is 170 Å². The Balaban J connectivity index is 1.50. The Hall–Kier alpha value is -2.38. The van der Waals surface area contributed by atoms with Crippen LogP contribution in [0.5, 0.6) is 0 Å². The molecule has 0 spiro atoms. The van der Waals surface area contributed by atoms with Crippen molar-refractivity contribution in [1.82, 2.24) is 15.5 Å². The van der Waals surface area contributed by atoms with E-state index in [1.54, 1.807) is 18.4 Å². The highest BCUT2D eigenvalue weighted by atomic mass is 32.1. The number of nitrogens with two attached hydrogens (primary N) is 1. The lowest BCUT2D eigenvalue weighted by Crippen LogP contribution is -2.40. The number of guanidine groups is 1. The van der Waals surface area contributed by atoms with Crippen molar-refractivity contribution in [2.45, 2.75) is 32.5 Å². The van der Waals surface area contributed by atoms with Gasteiger partial charge in [-0.05, 0) is 52.9 Å². The normalized spacial score (nSPS) is 18.0. The van der Waals surface area contributed by atoms with Gasteiger partial charge in [0.2, 0.25) is 5.91 Å². The summed E-state index contributed by atoms with van der Waals surface area (Å²) in [6.07, 6.45) is 1.94. The van der Waals surface area contributed by atoms with Crippen LogP contribution in [-0.4, -0.2) is 36.9 Å². The van der Waals surface area contributed by atoms with Crippen molar-refractivity contribution in [2.24, 2.45) is 16.6 Å². The molecule has 2 aromatic rings. The molecular formula is C21H29N5OS. The summed E-state index contributed by atoms with van der Waals surface area (Å²) in [5, 5.41) is 10.9. The van der Waals surface area contributed by atoms with Gasteiger partial charge in [-0.2, -0.15) is 11.3 Å². The minimum Gasteiger partial charge on any atom is -0.369 e. The maximum Gasteiger partial charge on any atom is 0.221 e. The Kier molecular flexibility index (Phi) is 7.45. The van der Waals surface area contributed by atoms with Crippen molar-refractivity contribution < 1.29 is 4.79 Å². The number of aliphatic imine (C=N–C) groups is 1. The number of primary amides is 1. The van der Waals surface area contributed by atoms with Gasteiger partial charge in [-0.1, -0.05) is 24.3 Å². The third kappa shape index (κ3) is 6.07. The van der Waals surface area contributed by atoms with E-state index >= 15 is 0 Å². The van der Waals surface area contributed by atoms with Gasteiger partial charge in [0.15, 0.2) is 5.96 Å². The van der Waals surface area contributed by atoms with Crippen molar-refractivity contribution in [1.29, 1.82) is 0 Å². The number of nitrogens with one attached hydrogen (secondary N) is 2. The average Bonchev–Trinajstić information content (AvgIpc) is 3.22. The predicted molar refractivity (Wildman–Crippen MR) is 115 cm³/mol. The van der Waals surface area contributed by atoms with Crippen LogP contribution >= 0.6 is 11.3 Å². The van der Waals surface area contributed by atoms with E-state index in [4.69, 9.17) is 5.73 Å². The number of hydrogen-bond acceptors (Lipinski definition) is 4. The smallest absolute Gasteiger partial charge is 0.221 e. The van der Waals surface area contributed by atoms with Gasteiger partial charge in [0.25, 0.3) is 0 Å². The molecule has 6 nitrogen and oxygen atoms in total. The zero-order valence-electron chi connectivity index (χ0n) is 16.4. The molecule has 1 aliphatic rings. The second-order valence-corrected chi connectivity index (χ2v) is 7.99. The summed E-state index contributed by atoms with van der Waals surface area (Å²) in [7, 11) is 1.78. The lowest BCUT2D eigenvalue weighted by molar-refractivity contribution is -0.123. The fourth-order valence-electron chi connectivity index (χ4n) is 3.51. The first-order valence-electron chi connectivity index (χ1n) is 9.69. The van der Waals surface area contributed by atoms with Crippen molar-refractivity contribution in [3.05, 3.63) is 57.8 Å². The number of likely N-dealkylation sites (tertiary alicyclic amines) is 1. The molecule has 1 amide bonds. The Morgan fingerprint density at radius 3 is 2.75 bits per heavy atom. The third-order valence-electron chi connectivity index (χ3n) is 5.03. The molecule has 1 saturated heterocycles. The Morgan fingerprint density at radius 1 is 1.25 bits per heavy atom. The maximum absolute atomic E-state index is 11.5. The molecule has 1 atom stereocenters. The molecule has 0 aliphatic carbocycles. The van der Waals surface area contributed by atoms with Crippen LogP contribution in [0.1, 0.15) is 29.5 Å². The van der Waals surface area contributed by atoms with Crippen molar-refractivity contribution in [3.8, 4) is 0 Å². The zero-order chi connectivity index (χ0) is 19.8. The number of hydrogen-bond donors (Lipinski definition) is 3. The number of benzene rings is 1. The minimum absolute atomic E-state index is 0.0174. The number of carbonyl (C=O) groups excluding carboxylic acids is 1. The van der Waals surface area contributed by atoms with Gasteiger partial charge in [0.05, 0.1) is 5.92 Å². The van der Waals surface area contributed by atoms with Crippen LogP contribution in [0.3, 0.4) is 0 Å². The molecule has 0 saturated carbocycles. The minimum atomic E-state index is -0.177. The summed E-state index contributed by atoms with van der Waals surface area (Å²) in [4.78, 5) is 18.1. The number of carbonyl (C=O) groups is 1. The van der Waals surface area contributed by atoms with E-state index in [0.717, 1.165) is 45.0 Å². The molecule has 4 N–H and O–H groups in total. The van der Waals surface area contributed by atoms with Gasteiger partial charge < -0.3 is 16.4 Å². The van der Waals surface area contributed by atoms with Crippen LogP contribution in [0, 0.1) is 5.92 Å². The summed E-state index contributed by atoms with van der Waals surface area (Å²) in [6, 6.07) is 10.7. The summed E-state index contributed by atoms with van der Waals surface area (Å²) in [5.74, 6) is 0.595. The number of rotatable bonds is 7. The first-order valence-corrected chi connectivity index (χ1v) is 10.6. The zero-order valence-corrected chi connectivity index (χ0v) is 17.2. The molecule has 1 aromatic carbocycles. The predicted octanol–water partition coefficient (Wildman–Crippen LogP) is 2.31. The van der Waals surface area contributed by atoms with E-state index in [9.17, 15) is 4.79 Å². The summed E-state index contributed by atoms with van der Waals surface area (Å²) in [6.45, 7) is 4.10. The SMILES string of the molecule is CN=C(NCc1ccsc1)NCc1cccc(CN2CCCC(C(N)=O)C2)c1. The second-order valence-electron chi connectivity index (χ2n) is 7.21. The number of amides is 1. The number of nitrogens with zero attached hydrogens (tertiary/aromatic N) is 2. The molecule has 1 aromatic heterocycles. The van der Waals surface area contributed by atoms with Gasteiger partial charge in [0, 0.05) is 33.2 Å². The summed E-state index contributed by atoms with van der Waals surface area (Å²) in [5.41, 5.74) is 9.21. The molecule has 150 valence electrons. The van der Waals surface area contributed by atoms with E-state index < -0.39 is 0 Å². The molecule has 3 rings (SSSR count). The molecule has 7 heteroatoms. The van der Waals surface area contributed by atoms with Crippen LogP contribution in [0.4, 0.5) is 0 Å². The van der Waals surface area contributed by atoms with Gasteiger partial charge in [-0.3, -0.25) is 14.7 Å². The van der Waals surface area contributed by atoms with E-state index in [2.05, 4.69) is 61.6 Å². The lowest BCUT2D eigenvalue weighted by atomic mass is 9.97. The van der Waals surface area contributed by atoms with E-state index in [-0.39, 0.29) is 11.8 Å². The van der Waals surface area contributed by atoms with Crippen LogP contribution in [0.25, 0.3) is 0 Å². The highest BCUT2D eigenvalue weighted by molar-refractivity contribution is 7.07. The van der Waals surface area contributed by atoms with Crippen molar-refractivity contribution >= 4 is 23.2 Å². The van der Waals surface area contributed by atoms with E-state index in [0.29, 0.717) is 6.54 Å². The molecule has 1 aliphatic heterocycles. The van der Waals surface area contributed by atoms with Crippen LogP contribution in [0.2, 0.25) is 0 Å². The topological polar surface area (TPSA) is 82.8 Å². The highest BCUT2D eigenvalue weighted by Crippen LogP contribution is 2.18. The molecule has 0 radical (unpaired) electrons. The molecule has 2 heterocycles. The fraction of sp³-hybridized carbons (Fsp3) is 0.429. The summed E-state index contributed by atoms with van der Waals surface area (Å²) >= 11 is 1.70. The number of thiophene rings is 1. The van der Waals surface area contributed by atoms with Gasteiger partial charge >= 0.3 is 0 Å². The quantitative estimate of drug-likeness (QED) is 0.493. The highest BCUT2D eigenvalue weighted by Gasteiger charge is 2.23. The molecule has 1 fully saturated rings. The maximum atomic E-state index is 11.5. The third-order valence-corrected chi connectivity index (χ3v) is 5.76. The van der Waals surface area contributed by atoms with Crippen molar-refractivity contribution in [3.63, 3.8) is 0 Å². The van der Waals surface area contributed by atoms with E-state index in [1.807, 2.05) is 0 Å². The Morgan fingerprint density at radius 2 is 2.04 bits per heavy atom. The van der Waals surface area contributed by atoms with Crippen molar-refractivity contribution in [2.75, 3.05) is 20.1 Å². The van der Waals surface area contributed by atoms with Crippen LogP contribution in [-0.2, 0) is 24.4 Å². The molecule has 0 bridgehead atoms. The van der Waals surface area contributed by atoms with Crippen LogP contribution in [0.15, 0.2) is 46.1 Å². The second kappa shape index (κ2) is 10.2. The monoisotopic (exact) mass is 399 g/mol. The lowest BCUT2D eigenvalue weighted by Gasteiger charge is -2.31.